The molecule has 7 atom stereocenters. The summed E-state index contributed by atoms with van der Waals surface area (Å²) in [4.78, 5) is 13.0. The molecule has 1 aliphatic carbocycles. The van der Waals surface area contributed by atoms with Crippen LogP contribution in [0.5, 0.6) is 5.75 Å². The van der Waals surface area contributed by atoms with Gasteiger partial charge in [0.2, 0.25) is 0 Å². The number of phenols is 1. The number of aliphatic hydroxyl groups excluding tert-OH is 1. The molecule has 0 radical (unpaired) electrons. The van der Waals surface area contributed by atoms with Crippen molar-refractivity contribution in [1.29, 1.82) is 0 Å². The number of ether oxygens (including phenoxy) is 3. The number of rotatable bonds is 6. The molecule has 2 saturated heterocycles. The number of benzene rings is 1. The van der Waals surface area contributed by atoms with Gasteiger partial charge >= 0.3 is 5.97 Å². The number of phenolic OH excluding ortho intramolecular Hbond substituents is 1. The Bertz CT molecular complexity index is 936. The van der Waals surface area contributed by atoms with Gasteiger partial charge in [-0.25, -0.2) is 4.79 Å². The summed E-state index contributed by atoms with van der Waals surface area (Å²) in [5.74, 6) is 0.0636. The highest BCUT2D eigenvalue weighted by Gasteiger charge is 2.65. The van der Waals surface area contributed by atoms with E-state index in [2.05, 4.69) is 27.7 Å². The molecule has 1 aromatic carbocycles. The predicted octanol–water partition coefficient (Wildman–Crippen LogP) is 5.46. The van der Waals surface area contributed by atoms with Crippen LogP contribution in [0.1, 0.15) is 72.0 Å². The summed E-state index contributed by atoms with van der Waals surface area (Å²) in [5, 5.41) is 20.7. The van der Waals surface area contributed by atoms with Crippen molar-refractivity contribution < 1.29 is 29.2 Å². The van der Waals surface area contributed by atoms with Crippen LogP contribution in [-0.2, 0) is 19.0 Å². The van der Waals surface area contributed by atoms with Crippen molar-refractivity contribution >= 4 is 5.97 Å². The van der Waals surface area contributed by atoms with E-state index in [1.807, 2.05) is 19.1 Å². The van der Waals surface area contributed by atoms with E-state index in [0.29, 0.717) is 12.0 Å². The van der Waals surface area contributed by atoms with Crippen molar-refractivity contribution in [2.24, 2.45) is 23.2 Å². The third-order valence-electron chi connectivity index (χ3n) is 8.40. The number of esters is 1. The van der Waals surface area contributed by atoms with Gasteiger partial charge in [-0.3, -0.25) is 0 Å². The van der Waals surface area contributed by atoms with Crippen LogP contribution in [0.2, 0.25) is 0 Å². The summed E-state index contributed by atoms with van der Waals surface area (Å²) >= 11 is 0. The van der Waals surface area contributed by atoms with Crippen molar-refractivity contribution in [2.45, 2.75) is 84.2 Å². The maximum Gasteiger partial charge on any atom is 0.340 e. The summed E-state index contributed by atoms with van der Waals surface area (Å²) in [7, 11) is 1.69. The molecule has 0 saturated carbocycles. The van der Waals surface area contributed by atoms with Gasteiger partial charge in [-0.05, 0) is 48.3 Å². The lowest BCUT2D eigenvalue weighted by molar-refractivity contribution is -0.258. The molecule has 7 unspecified atom stereocenters. The Morgan fingerprint density at radius 3 is 2.58 bits per heavy atom. The average molecular weight is 459 g/mol. The largest absolute Gasteiger partial charge is 0.511 e. The van der Waals surface area contributed by atoms with Crippen LogP contribution in [-0.4, -0.2) is 41.1 Å². The minimum Gasteiger partial charge on any atom is -0.511 e. The molecule has 1 spiro atoms. The zero-order valence-corrected chi connectivity index (χ0v) is 20.6. The van der Waals surface area contributed by atoms with Crippen LogP contribution < -0.4 is 0 Å². The fraction of sp³-hybridized carbons (Fsp3) is 0.667. The molecule has 33 heavy (non-hydrogen) atoms. The molecule has 2 N–H and O–H groups in total. The molecule has 0 amide bonds. The van der Waals surface area contributed by atoms with E-state index in [0.717, 1.165) is 24.8 Å². The number of aromatic hydroxyl groups is 1. The van der Waals surface area contributed by atoms with Crippen molar-refractivity contribution in [3.05, 3.63) is 41.2 Å². The molecular weight excluding hydrogens is 420 g/mol. The number of carbonyl (C=O) groups is 1. The zero-order valence-electron chi connectivity index (χ0n) is 20.6. The first-order chi connectivity index (χ1) is 15.5. The average Bonchev–Trinajstić information content (AvgIpc) is 2.75. The summed E-state index contributed by atoms with van der Waals surface area (Å²) in [6, 6.07) is 7.19. The fourth-order valence-electron chi connectivity index (χ4n) is 6.46. The molecule has 2 aliphatic heterocycles. The summed E-state index contributed by atoms with van der Waals surface area (Å²) in [5.41, 5.74) is 0.145. The van der Waals surface area contributed by atoms with Crippen LogP contribution in [0.15, 0.2) is 35.6 Å². The Kier molecular flexibility index (Phi) is 6.29. The van der Waals surface area contributed by atoms with Gasteiger partial charge in [-0.1, -0.05) is 46.8 Å². The predicted molar refractivity (Wildman–Crippen MR) is 125 cm³/mol. The number of hydrogen-bond donors (Lipinski definition) is 2. The zero-order chi connectivity index (χ0) is 24.1. The molecule has 0 aromatic heterocycles. The Hall–Kier alpha value is -2.05. The third kappa shape index (κ3) is 3.95. The maximum absolute atomic E-state index is 13.0. The van der Waals surface area contributed by atoms with Gasteiger partial charge < -0.3 is 24.4 Å². The van der Waals surface area contributed by atoms with Crippen molar-refractivity contribution in [2.75, 3.05) is 7.11 Å². The topological polar surface area (TPSA) is 85.2 Å². The second kappa shape index (κ2) is 8.62. The van der Waals surface area contributed by atoms with E-state index in [1.54, 1.807) is 19.2 Å². The lowest BCUT2D eigenvalue weighted by Gasteiger charge is -2.60. The molecule has 6 heteroatoms. The SMILES string of the molecule is COC(CCC(C)C1OC23CC(OC(=O)C2=C(O)C(C)CC3(C)C)C1C)c1cccc(O)c1. The van der Waals surface area contributed by atoms with Gasteiger partial charge in [0, 0.05) is 25.4 Å². The van der Waals surface area contributed by atoms with Gasteiger partial charge in [-0.2, -0.15) is 0 Å². The minimum atomic E-state index is -0.832. The normalized spacial score (nSPS) is 34.9. The molecule has 6 nitrogen and oxygen atoms in total. The molecule has 1 aromatic rings. The second-order valence-corrected chi connectivity index (χ2v) is 11.0. The molecular formula is C27H38O6. The Balaban J connectivity index is 1.58. The number of aliphatic hydroxyl groups is 1. The lowest BCUT2D eigenvalue weighted by Crippen LogP contribution is -2.66. The van der Waals surface area contributed by atoms with Gasteiger partial charge in [0.1, 0.15) is 28.8 Å². The molecule has 2 heterocycles. The highest BCUT2D eigenvalue weighted by molar-refractivity contribution is 5.93. The first kappa shape index (κ1) is 24.1. The Morgan fingerprint density at radius 2 is 1.91 bits per heavy atom. The highest BCUT2D eigenvalue weighted by Crippen LogP contribution is 2.59. The number of fused-ring (bicyclic) bond motifs is 1. The smallest absolute Gasteiger partial charge is 0.340 e. The minimum absolute atomic E-state index is 0.0511. The second-order valence-electron chi connectivity index (χ2n) is 11.0. The van der Waals surface area contributed by atoms with Gasteiger partial charge in [0.25, 0.3) is 0 Å². The van der Waals surface area contributed by atoms with Crippen LogP contribution in [0.4, 0.5) is 0 Å². The molecule has 182 valence electrons. The van der Waals surface area contributed by atoms with Gasteiger partial charge in [0.05, 0.1) is 12.2 Å². The Labute approximate surface area is 196 Å². The standard InChI is InChI=1S/C27H38O6/c1-15(10-11-20(31-6)18-8-7-9-19(28)12-18)24-17(3)21-14-27(33-24)22(25(30)32-21)23(29)16(2)13-26(27,4)5/h7-9,12,15-17,20-21,24,28-29H,10-11,13-14H2,1-6H3. The van der Waals surface area contributed by atoms with E-state index < -0.39 is 11.6 Å². The van der Waals surface area contributed by atoms with Crippen LogP contribution >= 0.6 is 0 Å². The lowest BCUT2D eigenvalue weighted by atomic mass is 9.56. The molecule has 4 rings (SSSR count). The first-order valence-electron chi connectivity index (χ1n) is 12.1. The fourth-order valence-corrected chi connectivity index (χ4v) is 6.46. The summed E-state index contributed by atoms with van der Waals surface area (Å²) in [6.07, 6.45) is 2.50. The number of allylic oxidation sites excluding steroid dienone is 1. The highest BCUT2D eigenvalue weighted by atomic mass is 16.6. The third-order valence-corrected chi connectivity index (χ3v) is 8.40. The van der Waals surface area contributed by atoms with Crippen LogP contribution in [0.3, 0.4) is 0 Å². The van der Waals surface area contributed by atoms with Crippen molar-refractivity contribution in [3.8, 4) is 5.75 Å². The number of hydrogen-bond acceptors (Lipinski definition) is 6. The molecule has 2 bridgehead atoms. The van der Waals surface area contributed by atoms with Gasteiger partial charge in [0.15, 0.2) is 0 Å². The molecule has 3 aliphatic rings. The summed E-state index contributed by atoms with van der Waals surface area (Å²) < 4.78 is 18.5. The Morgan fingerprint density at radius 1 is 1.18 bits per heavy atom. The van der Waals surface area contributed by atoms with E-state index in [4.69, 9.17) is 14.2 Å². The quantitative estimate of drug-likeness (QED) is 0.551. The summed E-state index contributed by atoms with van der Waals surface area (Å²) in [6.45, 7) is 10.5. The van der Waals surface area contributed by atoms with E-state index in [1.165, 1.54) is 0 Å². The number of carbonyl (C=O) groups excluding carboxylic acids is 1. The first-order valence-corrected chi connectivity index (χ1v) is 12.1. The van der Waals surface area contributed by atoms with Crippen LogP contribution in [0.25, 0.3) is 0 Å². The number of methoxy groups -OCH3 is 1. The molecule has 2 fully saturated rings. The van der Waals surface area contributed by atoms with E-state index in [9.17, 15) is 15.0 Å². The monoisotopic (exact) mass is 458 g/mol. The van der Waals surface area contributed by atoms with E-state index >= 15 is 0 Å². The van der Waals surface area contributed by atoms with Gasteiger partial charge in [-0.15, -0.1) is 0 Å². The van der Waals surface area contributed by atoms with Crippen LogP contribution in [0, 0.1) is 23.2 Å². The maximum atomic E-state index is 13.0. The van der Waals surface area contributed by atoms with E-state index in [-0.39, 0.29) is 53.0 Å². The van der Waals surface area contributed by atoms with Crippen molar-refractivity contribution in [1.82, 2.24) is 0 Å². The van der Waals surface area contributed by atoms with Crippen molar-refractivity contribution in [3.63, 3.8) is 0 Å².